The minimum atomic E-state index is -0.709. The van der Waals surface area contributed by atoms with Gasteiger partial charge in [0.15, 0.2) is 16.3 Å². The molecule has 0 aliphatic carbocycles. The molecule has 0 spiro atoms. The standard InChI is InChI=1S/C26H28N2O5S2/c1-7-32-25(30)22-16(5)27-26-28(24(29)21(35-26)13-20-15(4)10-11-34-20)23(22)17-8-9-18(33-14(2)3)19(12-17)31-6/h8-14,23H,7H2,1-6H3/b21-13-/t23-/m0/s1. The van der Waals surface area contributed by atoms with Crippen LogP contribution in [0.2, 0.25) is 0 Å². The van der Waals surface area contributed by atoms with Crippen molar-refractivity contribution < 1.29 is 19.0 Å². The highest BCUT2D eigenvalue weighted by molar-refractivity contribution is 7.11. The van der Waals surface area contributed by atoms with Gasteiger partial charge >= 0.3 is 5.97 Å². The average Bonchev–Trinajstić information content (AvgIpc) is 3.35. The fourth-order valence-electron chi connectivity index (χ4n) is 3.96. The van der Waals surface area contributed by atoms with Gasteiger partial charge in [0, 0.05) is 4.88 Å². The molecule has 2 aromatic heterocycles. The van der Waals surface area contributed by atoms with Crippen LogP contribution in [0.1, 0.15) is 49.7 Å². The fourth-order valence-corrected chi connectivity index (χ4v) is 5.93. The summed E-state index contributed by atoms with van der Waals surface area (Å²) in [6.07, 6.45) is 1.86. The summed E-state index contributed by atoms with van der Waals surface area (Å²) in [7, 11) is 1.56. The number of aryl methyl sites for hydroxylation is 1. The summed E-state index contributed by atoms with van der Waals surface area (Å²) >= 11 is 2.89. The predicted octanol–water partition coefficient (Wildman–Crippen LogP) is 3.96. The number of aromatic nitrogens is 1. The Morgan fingerprint density at radius 3 is 2.63 bits per heavy atom. The van der Waals surface area contributed by atoms with Crippen LogP contribution < -0.4 is 24.4 Å². The number of benzene rings is 1. The molecule has 3 aromatic rings. The summed E-state index contributed by atoms with van der Waals surface area (Å²) in [5.41, 5.74) is 2.46. The summed E-state index contributed by atoms with van der Waals surface area (Å²) in [4.78, 5) is 32.9. The van der Waals surface area contributed by atoms with Gasteiger partial charge in [0.05, 0.1) is 41.7 Å². The van der Waals surface area contributed by atoms with E-state index in [0.29, 0.717) is 37.7 Å². The van der Waals surface area contributed by atoms with Gasteiger partial charge in [-0.1, -0.05) is 17.4 Å². The summed E-state index contributed by atoms with van der Waals surface area (Å²) < 4.78 is 19.0. The number of methoxy groups -OCH3 is 1. The second kappa shape index (κ2) is 10.2. The van der Waals surface area contributed by atoms with Crippen LogP contribution in [0.4, 0.5) is 0 Å². The summed E-state index contributed by atoms with van der Waals surface area (Å²) in [6, 6.07) is 6.77. The van der Waals surface area contributed by atoms with Crippen molar-refractivity contribution in [3.8, 4) is 11.5 Å². The van der Waals surface area contributed by atoms with Crippen LogP contribution in [-0.4, -0.2) is 30.4 Å². The third-order valence-corrected chi connectivity index (χ3v) is 7.50. The summed E-state index contributed by atoms with van der Waals surface area (Å²) in [6.45, 7) is 9.62. The van der Waals surface area contributed by atoms with Crippen molar-refractivity contribution in [3.63, 3.8) is 0 Å². The number of fused-ring (bicyclic) bond motifs is 1. The Bertz CT molecular complexity index is 1480. The Hall–Kier alpha value is -3.17. The van der Waals surface area contributed by atoms with Crippen LogP contribution in [0.3, 0.4) is 0 Å². The minimum Gasteiger partial charge on any atom is -0.493 e. The Balaban J connectivity index is 1.95. The number of carbonyl (C=O) groups excluding carboxylic acids is 1. The second-order valence-electron chi connectivity index (χ2n) is 8.35. The molecule has 4 rings (SSSR count). The van der Waals surface area contributed by atoms with E-state index in [1.54, 1.807) is 49.0 Å². The number of carbonyl (C=O) groups is 1. The Labute approximate surface area is 211 Å². The zero-order valence-corrected chi connectivity index (χ0v) is 22.2. The number of hydrogen-bond donors (Lipinski definition) is 0. The van der Waals surface area contributed by atoms with Crippen LogP contribution in [-0.2, 0) is 9.53 Å². The molecule has 0 unspecified atom stereocenters. The van der Waals surface area contributed by atoms with E-state index in [1.807, 2.05) is 44.4 Å². The molecule has 9 heteroatoms. The lowest BCUT2D eigenvalue weighted by molar-refractivity contribution is -0.139. The largest absolute Gasteiger partial charge is 0.493 e. The van der Waals surface area contributed by atoms with Gasteiger partial charge in [0.1, 0.15) is 0 Å². The van der Waals surface area contributed by atoms with E-state index in [2.05, 4.69) is 4.99 Å². The predicted molar refractivity (Wildman–Crippen MR) is 138 cm³/mol. The quantitative estimate of drug-likeness (QED) is 0.448. The van der Waals surface area contributed by atoms with Crippen molar-refractivity contribution >= 4 is 34.7 Å². The number of nitrogens with zero attached hydrogens (tertiary/aromatic N) is 2. The van der Waals surface area contributed by atoms with Crippen LogP contribution in [0, 0.1) is 6.92 Å². The molecule has 1 aliphatic heterocycles. The monoisotopic (exact) mass is 512 g/mol. The minimum absolute atomic E-state index is 0.0367. The van der Waals surface area contributed by atoms with Crippen LogP contribution >= 0.6 is 22.7 Å². The maximum absolute atomic E-state index is 13.7. The smallest absolute Gasteiger partial charge is 0.338 e. The first-order chi connectivity index (χ1) is 16.7. The second-order valence-corrected chi connectivity index (χ2v) is 10.3. The molecule has 0 bridgehead atoms. The molecule has 184 valence electrons. The fraction of sp³-hybridized carbons (Fsp3) is 0.346. The van der Waals surface area contributed by atoms with Gasteiger partial charge in [0.2, 0.25) is 0 Å². The summed E-state index contributed by atoms with van der Waals surface area (Å²) in [5, 5.41) is 2.00. The molecule has 0 saturated carbocycles. The number of allylic oxidation sites excluding steroid dienone is 1. The number of thiophene rings is 1. The van der Waals surface area contributed by atoms with Gasteiger partial charge in [0.25, 0.3) is 5.56 Å². The van der Waals surface area contributed by atoms with Gasteiger partial charge in [-0.25, -0.2) is 9.79 Å². The molecule has 0 fully saturated rings. The van der Waals surface area contributed by atoms with Crippen LogP contribution in [0.25, 0.3) is 6.08 Å². The first-order valence-electron chi connectivity index (χ1n) is 11.3. The van der Waals surface area contributed by atoms with E-state index >= 15 is 0 Å². The number of hydrogen-bond acceptors (Lipinski definition) is 8. The number of ether oxygens (including phenoxy) is 3. The highest BCUT2D eigenvalue weighted by Gasteiger charge is 2.34. The number of thiazole rings is 1. The molecule has 1 atom stereocenters. The lowest BCUT2D eigenvalue weighted by Crippen LogP contribution is -2.40. The van der Waals surface area contributed by atoms with Gasteiger partial charge in [-0.3, -0.25) is 9.36 Å². The third kappa shape index (κ3) is 4.83. The van der Waals surface area contributed by atoms with E-state index in [4.69, 9.17) is 14.2 Å². The molecule has 0 radical (unpaired) electrons. The maximum Gasteiger partial charge on any atom is 0.338 e. The van der Waals surface area contributed by atoms with Gasteiger partial charge in [-0.2, -0.15) is 0 Å². The van der Waals surface area contributed by atoms with E-state index in [1.165, 1.54) is 11.3 Å². The first kappa shape index (κ1) is 24.9. The van der Waals surface area contributed by atoms with Crippen molar-refractivity contribution in [2.45, 2.75) is 46.8 Å². The Morgan fingerprint density at radius 1 is 1.23 bits per heavy atom. The Kier molecular flexibility index (Phi) is 7.28. The molecule has 7 nitrogen and oxygen atoms in total. The zero-order chi connectivity index (χ0) is 25.3. The van der Waals surface area contributed by atoms with Crippen molar-refractivity contribution in [3.05, 3.63) is 76.6 Å². The van der Waals surface area contributed by atoms with E-state index in [0.717, 1.165) is 10.4 Å². The SMILES string of the molecule is CCOC(=O)C1=C(C)N=c2s/c(=C\c3sccc3C)c(=O)n2[C@H]1c1ccc(OC(C)C)c(OC)c1. The molecular weight excluding hydrogens is 484 g/mol. The molecule has 1 aromatic carbocycles. The van der Waals surface area contributed by atoms with Crippen molar-refractivity contribution in [1.29, 1.82) is 0 Å². The molecule has 0 amide bonds. The van der Waals surface area contributed by atoms with Gasteiger partial charge < -0.3 is 14.2 Å². The van der Waals surface area contributed by atoms with Crippen molar-refractivity contribution in [2.75, 3.05) is 13.7 Å². The normalized spacial score (nSPS) is 15.7. The third-order valence-electron chi connectivity index (χ3n) is 5.55. The van der Waals surface area contributed by atoms with Crippen molar-refractivity contribution in [1.82, 2.24) is 4.57 Å². The Morgan fingerprint density at radius 2 is 2.00 bits per heavy atom. The van der Waals surface area contributed by atoms with Gasteiger partial charge in [-0.05, 0) is 75.4 Å². The van der Waals surface area contributed by atoms with Gasteiger partial charge in [-0.15, -0.1) is 11.3 Å². The molecule has 3 heterocycles. The molecule has 0 N–H and O–H groups in total. The molecular formula is C26H28N2O5S2. The van der Waals surface area contributed by atoms with Crippen LogP contribution in [0.5, 0.6) is 11.5 Å². The van der Waals surface area contributed by atoms with E-state index < -0.39 is 12.0 Å². The number of esters is 1. The lowest BCUT2D eigenvalue weighted by Gasteiger charge is -2.25. The van der Waals surface area contributed by atoms with E-state index in [9.17, 15) is 9.59 Å². The highest BCUT2D eigenvalue weighted by atomic mass is 32.1. The topological polar surface area (TPSA) is 79.1 Å². The lowest BCUT2D eigenvalue weighted by atomic mass is 9.95. The molecule has 1 aliphatic rings. The van der Waals surface area contributed by atoms with Crippen molar-refractivity contribution in [2.24, 2.45) is 4.99 Å². The zero-order valence-electron chi connectivity index (χ0n) is 20.6. The molecule has 35 heavy (non-hydrogen) atoms. The summed E-state index contributed by atoms with van der Waals surface area (Å²) in [5.74, 6) is 0.610. The maximum atomic E-state index is 13.7. The van der Waals surface area contributed by atoms with Crippen LogP contribution in [0.15, 0.2) is 50.7 Å². The first-order valence-corrected chi connectivity index (χ1v) is 13.0. The highest BCUT2D eigenvalue weighted by Crippen LogP contribution is 2.36. The average molecular weight is 513 g/mol. The molecule has 0 saturated heterocycles. The van der Waals surface area contributed by atoms with E-state index in [-0.39, 0.29) is 18.3 Å². The number of rotatable bonds is 7.